The Kier molecular flexibility index (Phi) is 6.89. The van der Waals surface area contributed by atoms with Gasteiger partial charge in [0, 0.05) is 50.5 Å². The Morgan fingerprint density at radius 2 is 1.92 bits per heavy atom. The third-order valence-electron chi connectivity index (χ3n) is 4.33. The summed E-state index contributed by atoms with van der Waals surface area (Å²) in [6, 6.07) is 5.71. The van der Waals surface area contributed by atoms with Crippen molar-refractivity contribution in [2.75, 3.05) is 30.9 Å². The Morgan fingerprint density at radius 1 is 1.23 bits per heavy atom. The fraction of sp³-hybridized carbons (Fsp3) is 0.600. The van der Waals surface area contributed by atoms with E-state index in [1.54, 1.807) is 0 Å². The predicted molar refractivity (Wildman–Crippen MR) is 106 cm³/mol. The molecule has 1 saturated carbocycles. The number of carbonyl (C=O) groups excluding carboxylic acids is 2. The lowest BCUT2D eigenvalue weighted by Gasteiger charge is -2.26. The lowest BCUT2D eigenvalue weighted by atomic mass is 10.1. The van der Waals surface area contributed by atoms with Crippen LogP contribution in [0.1, 0.15) is 45.6 Å². The van der Waals surface area contributed by atoms with Crippen LogP contribution in [0.2, 0.25) is 0 Å². The van der Waals surface area contributed by atoms with E-state index in [-0.39, 0.29) is 23.9 Å². The Balaban J connectivity index is 2.20. The summed E-state index contributed by atoms with van der Waals surface area (Å²) in [5.41, 5.74) is 2.84. The molecule has 0 aliphatic heterocycles. The molecular formula is C20H32N4O2. The maximum atomic E-state index is 12.6. The topological polar surface area (TPSA) is 64.7 Å². The third kappa shape index (κ3) is 5.64. The molecule has 0 atom stereocenters. The van der Waals surface area contributed by atoms with Crippen LogP contribution in [0.3, 0.4) is 0 Å². The number of nitrogens with one attached hydrogen (secondary N) is 2. The molecule has 1 fully saturated rings. The van der Waals surface area contributed by atoms with Gasteiger partial charge < -0.3 is 20.4 Å². The van der Waals surface area contributed by atoms with E-state index in [0.29, 0.717) is 6.54 Å². The fourth-order valence-electron chi connectivity index (χ4n) is 2.99. The second kappa shape index (κ2) is 8.92. The van der Waals surface area contributed by atoms with E-state index in [2.05, 4.69) is 17.6 Å². The van der Waals surface area contributed by atoms with Crippen LogP contribution in [0, 0.1) is 5.92 Å². The van der Waals surface area contributed by atoms with Crippen molar-refractivity contribution in [3.05, 3.63) is 23.8 Å². The quantitative estimate of drug-likeness (QED) is 0.746. The average Bonchev–Trinajstić information content (AvgIpc) is 3.37. The molecule has 2 N–H and O–H groups in total. The molecule has 1 aromatic rings. The van der Waals surface area contributed by atoms with Gasteiger partial charge in [-0.05, 0) is 56.9 Å². The number of carbonyl (C=O) groups is 2. The molecule has 0 unspecified atom stereocenters. The van der Waals surface area contributed by atoms with Gasteiger partial charge in [-0.3, -0.25) is 4.79 Å². The standard InChI is InChI=1S/C20H32N4O2/c1-6-11-24(19(25)15-7-8-15)13-16-12-17(9-10-18(16)23(4)5)22-20(26)21-14(2)3/h9-10,12,14-15H,6-8,11,13H2,1-5H3,(H2,21,22,26). The number of urea groups is 1. The van der Waals surface area contributed by atoms with E-state index in [4.69, 9.17) is 0 Å². The summed E-state index contributed by atoms with van der Waals surface area (Å²) in [4.78, 5) is 28.6. The smallest absolute Gasteiger partial charge is 0.319 e. The number of rotatable bonds is 8. The van der Waals surface area contributed by atoms with Crippen molar-refractivity contribution in [2.45, 2.75) is 52.6 Å². The van der Waals surface area contributed by atoms with E-state index in [1.165, 1.54) is 0 Å². The Morgan fingerprint density at radius 3 is 2.46 bits per heavy atom. The molecule has 2 rings (SSSR count). The maximum Gasteiger partial charge on any atom is 0.319 e. The highest BCUT2D eigenvalue weighted by molar-refractivity contribution is 5.90. The van der Waals surface area contributed by atoms with Crippen LogP contribution >= 0.6 is 0 Å². The van der Waals surface area contributed by atoms with Gasteiger partial charge in [-0.1, -0.05) is 6.92 Å². The minimum Gasteiger partial charge on any atom is -0.377 e. The van der Waals surface area contributed by atoms with Crippen molar-refractivity contribution < 1.29 is 9.59 Å². The Hall–Kier alpha value is -2.24. The van der Waals surface area contributed by atoms with Gasteiger partial charge in [0.25, 0.3) is 0 Å². The molecule has 1 aliphatic rings. The van der Waals surface area contributed by atoms with Gasteiger partial charge in [0.15, 0.2) is 0 Å². The number of benzene rings is 1. The monoisotopic (exact) mass is 360 g/mol. The SMILES string of the molecule is CCCN(Cc1cc(NC(=O)NC(C)C)ccc1N(C)C)C(=O)C1CC1. The van der Waals surface area contributed by atoms with Crippen molar-refractivity contribution in [3.8, 4) is 0 Å². The molecule has 144 valence electrons. The van der Waals surface area contributed by atoms with Gasteiger partial charge >= 0.3 is 6.03 Å². The lowest BCUT2D eigenvalue weighted by Crippen LogP contribution is -2.34. The van der Waals surface area contributed by atoms with Crippen molar-refractivity contribution in [1.82, 2.24) is 10.2 Å². The van der Waals surface area contributed by atoms with Crippen LogP contribution in [0.5, 0.6) is 0 Å². The van der Waals surface area contributed by atoms with Crippen LogP contribution in [0.25, 0.3) is 0 Å². The first kappa shape index (κ1) is 20.1. The van der Waals surface area contributed by atoms with E-state index in [1.807, 2.05) is 55.9 Å². The van der Waals surface area contributed by atoms with E-state index < -0.39 is 0 Å². The molecule has 0 bridgehead atoms. The normalized spacial score (nSPS) is 13.5. The van der Waals surface area contributed by atoms with Gasteiger partial charge in [0.2, 0.25) is 5.91 Å². The summed E-state index contributed by atoms with van der Waals surface area (Å²) < 4.78 is 0. The third-order valence-corrected chi connectivity index (χ3v) is 4.33. The van der Waals surface area contributed by atoms with Crippen LogP contribution in [0.15, 0.2) is 18.2 Å². The molecule has 0 spiro atoms. The minimum atomic E-state index is -0.219. The minimum absolute atomic E-state index is 0.0757. The summed E-state index contributed by atoms with van der Waals surface area (Å²) in [5.74, 6) is 0.468. The number of hydrogen-bond acceptors (Lipinski definition) is 3. The number of amides is 3. The molecule has 26 heavy (non-hydrogen) atoms. The fourth-order valence-corrected chi connectivity index (χ4v) is 2.99. The van der Waals surface area contributed by atoms with Gasteiger partial charge in [-0.2, -0.15) is 0 Å². The molecule has 1 aliphatic carbocycles. The van der Waals surface area contributed by atoms with E-state index in [0.717, 1.165) is 42.7 Å². The molecule has 6 nitrogen and oxygen atoms in total. The lowest BCUT2D eigenvalue weighted by molar-refractivity contribution is -0.133. The molecule has 6 heteroatoms. The van der Waals surface area contributed by atoms with Gasteiger partial charge in [0.1, 0.15) is 0 Å². The summed E-state index contributed by atoms with van der Waals surface area (Å²) >= 11 is 0. The maximum absolute atomic E-state index is 12.6. The summed E-state index contributed by atoms with van der Waals surface area (Å²) in [6.45, 7) is 7.26. The first-order valence-electron chi connectivity index (χ1n) is 9.48. The van der Waals surface area contributed by atoms with Gasteiger partial charge in [-0.15, -0.1) is 0 Å². The second-order valence-electron chi connectivity index (χ2n) is 7.53. The van der Waals surface area contributed by atoms with Gasteiger partial charge in [-0.25, -0.2) is 4.79 Å². The van der Waals surface area contributed by atoms with Gasteiger partial charge in [0.05, 0.1) is 0 Å². The van der Waals surface area contributed by atoms with Crippen molar-refractivity contribution >= 4 is 23.3 Å². The first-order chi connectivity index (χ1) is 12.3. The number of hydrogen-bond donors (Lipinski definition) is 2. The molecule has 0 heterocycles. The largest absolute Gasteiger partial charge is 0.377 e. The van der Waals surface area contributed by atoms with Crippen molar-refractivity contribution in [1.29, 1.82) is 0 Å². The zero-order valence-electron chi connectivity index (χ0n) is 16.6. The average molecular weight is 361 g/mol. The van der Waals surface area contributed by atoms with Crippen LogP contribution < -0.4 is 15.5 Å². The highest BCUT2D eigenvalue weighted by Gasteiger charge is 2.33. The van der Waals surface area contributed by atoms with Crippen LogP contribution in [-0.2, 0) is 11.3 Å². The Labute approximate surface area is 156 Å². The molecule has 0 saturated heterocycles. The molecule has 3 amide bonds. The van der Waals surface area contributed by atoms with Crippen molar-refractivity contribution in [3.63, 3.8) is 0 Å². The zero-order chi connectivity index (χ0) is 19.3. The number of anilines is 2. The van der Waals surface area contributed by atoms with E-state index in [9.17, 15) is 9.59 Å². The van der Waals surface area contributed by atoms with Crippen molar-refractivity contribution in [2.24, 2.45) is 5.92 Å². The van der Waals surface area contributed by atoms with Crippen LogP contribution in [0.4, 0.5) is 16.2 Å². The number of nitrogens with zero attached hydrogens (tertiary/aromatic N) is 2. The highest BCUT2D eigenvalue weighted by atomic mass is 16.2. The first-order valence-corrected chi connectivity index (χ1v) is 9.48. The predicted octanol–water partition coefficient (Wildman–Crippen LogP) is 3.43. The molecular weight excluding hydrogens is 328 g/mol. The molecule has 0 aromatic heterocycles. The summed E-state index contributed by atoms with van der Waals surface area (Å²) in [7, 11) is 3.98. The molecule has 0 radical (unpaired) electrons. The summed E-state index contributed by atoms with van der Waals surface area (Å²) in [6.07, 6.45) is 2.96. The van der Waals surface area contributed by atoms with E-state index >= 15 is 0 Å². The molecule has 1 aromatic carbocycles. The highest BCUT2D eigenvalue weighted by Crippen LogP contribution is 2.32. The zero-order valence-corrected chi connectivity index (χ0v) is 16.6. The van der Waals surface area contributed by atoms with Crippen LogP contribution in [-0.4, -0.2) is 43.5 Å². The second-order valence-corrected chi connectivity index (χ2v) is 7.53. The Bertz CT molecular complexity index is 639. The summed E-state index contributed by atoms with van der Waals surface area (Å²) in [5, 5.41) is 5.70.